The van der Waals surface area contributed by atoms with Gasteiger partial charge in [0.05, 0.1) is 11.9 Å². The highest BCUT2D eigenvalue weighted by atomic mass is 16.6. The number of ether oxygens (including phenoxy) is 1. The number of carbonyl (C=O) groups is 1. The van der Waals surface area contributed by atoms with E-state index in [1.807, 2.05) is 38.9 Å². The zero-order valence-corrected chi connectivity index (χ0v) is 10.8. The Morgan fingerprint density at radius 2 is 2.00 bits per heavy atom. The molecule has 0 spiro atoms. The number of hydrogen-bond donors (Lipinski definition) is 0. The normalized spacial score (nSPS) is 9.88. The second-order valence-electron chi connectivity index (χ2n) is 3.78. The van der Waals surface area contributed by atoms with Crippen LogP contribution in [-0.4, -0.2) is 43.2 Å². The van der Waals surface area contributed by atoms with Gasteiger partial charge in [-0.25, -0.2) is 4.79 Å². The highest BCUT2D eigenvalue weighted by Gasteiger charge is 2.15. The fourth-order valence-corrected chi connectivity index (χ4v) is 1.46. The first kappa shape index (κ1) is 13.3. The summed E-state index contributed by atoms with van der Waals surface area (Å²) in [7, 11) is 3.79. The molecule has 0 N–H and O–H groups in total. The molecule has 1 rings (SSSR count). The summed E-state index contributed by atoms with van der Waals surface area (Å²) in [5, 5.41) is 0. The van der Waals surface area contributed by atoms with Gasteiger partial charge >= 0.3 is 6.09 Å². The Morgan fingerprint density at radius 1 is 1.35 bits per heavy atom. The minimum absolute atomic E-state index is 0.342. The van der Waals surface area contributed by atoms with E-state index in [4.69, 9.17) is 4.74 Å². The zero-order valence-electron chi connectivity index (χ0n) is 10.8. The minimum atomic E-state index is -0.342. The predicted molar refractivity (Wildman–Crippen MR) is 67.5 cm³/mol. The van der Waals surface area contributed by atoms with Crippen LogP contribution in [0.25, 0.3) is 0 Å². The molecule has 0 unspecified atom stereocenters. The van der Waals surface area contributed by atoms with Crippen LogP contribution in [0.2, 0.25) is 0 Å². The van der Waals surface area contributed by atoms with Crippen molar-refractivity contribution in [3.05, 3.63) is 18.5 Å². The molecule has 0 aliphatic carbocycles. The molecule has 17 heavy (non-hydrogen) atoms. The molecule has 0 aliphatic rings. The van der Waals surface area contributed by atoms with Crippen LogP contribution < -0.4 is 9.64 Å². The lowest BCUT2D eigenvalue weighted by Crippen LogP contribution is -2.33. The van der Waals surface area contributed by atoms with Gasteiger partial charge in [-0.15, -0.1) is 0 Å². The van der Waals surface area contributed by atoms with Crippen molar-refractivity contribution in [2.75, 3.05) is 32.1 Å². The zero-order chi connectivity index (χ0) is 12.8. The van der Waals surface area contributed by atoms with E-state index in [0.29, 0.717) is 18.8 Å². The maximum Gasteiger partial charge on any atom is 0.415 e. The molecule has 1 amide bonds. The molecule has 1 heterocycles. The van der Waals surface area contributed by atoms with E-state index in [1.54, 1.807) is 17.3 Å². The largest absolute Gasteiger partial charge is 0.415 e. The van der Waals surface area contributed by atoms with Crippen LogP contribution in [0.3, 0.4) is 0 Å². The van der Waals surface area contributed by atoms with Crippen LogP contribution in [0.5, 0.6) is 5.75 Å². The lowest BCUT2D eigenvalue weighted by Gasteiger charge is -2.20. The Hall–Kier alpha value is -1.78. The van der Waals surface area contributed by atoms with Crippen LogP contribution in [0.15, 0.2) is 18.5 Å². The molecular formula is C12H19N3O2. The van der Waals surface area contributed by atoms with Crippen molar-refractivity contribution in [1.82, 2.24) is 9.88 Å². The van der Waals surface area contributed by atoms with Gasteiger partial charge in [-0.05, 0) is 19.9 Å². The molecule has 1 aromatic rings. The van der Waals surface area contributed by atoms with Crippen LogP contribution >= 0.6 is 0 Å². The molecule has 0 fully saturated rings. The van der Waals surface area contributed by atoms with Crippen molar-refractivity contribution in [3.8, 4) is 5.75 Å². The summed E-state index contributed by atoms with van der Waals surface area (Å²) < 4.78 is 5.33. The first-order valence-corrected chi connectivity index (χ1v) is 5.68. The summed E-state index contributed by atoms with van der Waals surface area (Å²) in [6.07, 6.45) is 2.88. The van der Waals surface area contributed by atoms with Gasteiger partial charge in [0, 0.05) is 33.4 Å². The van der Waals surface area contributed by atoms with E-state index in [2.05, 4.69) is 4.98 Å². The maximum absolute atomic E-state index is 11.8. The average Bonchev–Trinajstić information content (AvgIpc) is 2.31. The highest BCUT2D eigenvalue weighted by Crippen LogP contribution is 2.25. The second-order valence-corrected chi connectivity index (χ2v) is 3.78. The number of amides is 1. The van der Waals surface area contributed by atoms with Gasteiger partial charge in [0.2, 0.25) is 0 Å². The molecule has 0 saturated carbocycles. The maximum atomic E-state index is 11.8. The summed E-state index contributed by atoms with van der Waals surface area (Å²) in [6.45, 7) is 5.10. The van der Waals surface area contributed by atoms with E-state index in [0.717, 1.165) is 5.69 Å². The predicted octanol–water partition coefficient (Wildman–Crippen LogP) is 1.99. The Bertz CT molecular complexity index is 376. The second kappa shape index (κ2) is 6.08. The minimum Gasteiger partial charge on any atom is -0.406 e. The van der Waals surface area contributed by atoms with Crippen LogP contribution in [0, 0.1) is 0 Å². The molecule has 0 bridgehead atoms. The van der Waals surface area contributed by atoms with Gasteiger partial charge < -0.3 is 14.5 Å². The van der Waals surface area contributed by atoms with E-state index < -0.39 is 0 Å². The Morgan fingerprint density at radius 3 is 2.53 bits per heavy atom. The third-order valence-electron chi connectivity index (χ3n) is 2.46. The fraction of sp³-hybridized carbons (Fsp3) is 0.500. The molecule has 1 aromatic heterocycles. The van der Waals surface area contributed by atoms with Crippen LogP contribution in [-0.2, 0) is 0 Å². The monoisotopic (exact) mass is 237 g/mol. The Labute approximate surface area is 102 Å². The summed E-state index contributed by atoms with van der Waals surface area (Å²) in [5.74, 6) is 0.481. The van der Waals surface area contributed by atoms with Crippen LogP contribution in [0.4, 0.5) is 10.5 Å². The number of aromatic nitrogens is 1. The first-order chi connectivity index (χ1) is 8.10. The molecule has 0 saturated heterocycles. The standard InChI is InChI=1S/C12H19N3O2/c1-5-15(6-2)12(16)17-11-9-13-8-7-10(11)14(3)4/h7-9H,5-6H2,1-4H3. The number of nitrogens with zero attached hydrogens (tertiary/aromatic N) is 3. The van der Waals surface area contributed by atoms with E-state index in [1.165, 1.54) is 0 Å². The molecule has 0 aromatic carbocycles. The number of pyridine rings is 1. The number of hydrogen-bond acceptors (Lipinski definition) is 4. The average molecular weight is 237 g/mol. The van der Waals surface area contributed by atoms with Crippen LogP contribution in [0.1, 0.15) is 13.8 Å². The lowest BCUT2D eigenvalue weighted by molar-refractivity contribution is 0.157. The van der Waals surface area contributed by atoms with E-state index in [9.17, 15) is 4.79 Å². The van der Waals surface area contributed by atoms with Gasteiger partial charge in [-0.3, -0.25) is 4.98 Å². The smallest absolute Gasteiger partial charge is 0.406 e. The first-order valence-electron chi connectivity index (χ1n) is 5.68. The highest BCUT2D eigenvalue weighted by molar-refractivity contribution is 5.73. The van der Waals surface area contributed by atoms with Crippen molar-refractivity contribution < 1.29 is 9.53 Å². The SMILES string of the molecule is CCN(CC)C(=O)Oc1cnccc1N(C)C. The van der Waals surface area contributed by atoms with E-state index >= 15 is 0 Å². The van der Waals surface area contributed by atoms with Gasteiger partial charge in [-0.2, -0.15) is 0 Å². The molecule has 5 heteroatoms. The molecule has 5 nitrogen and oxygen atoms in total. The Kier molecular flexibility index (Phi) is 4.75. The van der Waals surface area contributed by atoms with Gasteiger partial charge in [0.25, 0.3) is 0 Å². The van der Waals surface area contributed by atoms with Crippen molar-refractivity contribution >= 4 is 11.8 Å². The molecule has 94 valence electrons. The van der Waals surface area contributed by atoms with Crippen molar-refractivity contribution in [2.45, 2.75) is 13.8 Å². The summed E-state index contributed by atoms with van der Waals surface area (Å²) in [5.41, 5.74) is 0.834. The summed E-state index contributed by atoms with van der Waals surface area (Å²) >= 11 is 0. The topological polar surface area (TPSA) is 45.7 Å². The third-order valence-corrected chi connectivity index (χ3v) is 2.46. The van der Waals surface area contributed by atoms with Gasteiger partial charge in [0.15, 0.2) is 5.75 Å². The molecule has 0 radical (unpaired) electrons. The van der Waals surface area contributed by atoms with Crippen molar-refractivity contribution in [2.24, 2.45) is 0 Å². The Balaban J connectivity index is 2.84. The number of carbonyl (C=O) groups excluding carboxylic acids is 1. The summed E-state index contributed by atoms with van der Waals surface area (Å²) in [6, 6.07) is 1.81. The molecule has 0 aliphatic heterocycles. The van der Waals surface area contributed by atoms with Gasteiger partial charge in [0.1, 0.15) is 0 Å². The van der Waals surface area contributed by atoms with E-state index in [-0.39, 0.29) is 6.09 Å². The fourth-order valence-electron chi connectivity index (χ4n) is 1.46. The number of rotatable bonds is 4. The quantitative estimate of drug-likeness (QED) is 0.803. The van der Waals surface area contributed by atoms with Crippen molar-refractivity contribution in [1.29, 1.82) is 0 Å². The lowest BCUT2D eigenvalue weighted by atomic mass is 10.3. The summed E-state index contributed by atoms with van der Waals surface area (Å²) in [4.78, 5) is 19.3. The third kappa shape index (κ3) is 3.34. The van der Waals surface area contributed by atoms with Crippen molar-refractivity contribution in [3.63, 3.8) is 0 Å². The number of anilines is 1. The molecular weight excluding hydrogens is 218 g/mol. The molecule has 0 atom stereocenters. The van der Waals surface area contributed by atoms with Gasteiger partial charge in [-0.1, -0.05) is 0 Å².